The molecule has 0 aliphatic heterocycles. The molecule has 0 saturated carbocycles. The van der Waals surface area contributed by atoms with Gasteiger partial charge in [-0.3, -0.25) is 19.5 Å². The summed E-state index contributed by atoms with van der Waals surface area (Å²) in [6.45, 7) is 2.86. The Morgan fingerprint density at radius 1 is 1.18 bits per heavy atom. The van der Waals surface area contributed by atoms with Crippen LogP contribution in [-0.2, 0) is 17.9 Å². The van der Waals surface area contributed by atoms with Crippen LogP contribution in [0.2, 0.25) is 5.02 Å². The van der Waals surface area contributed by atoms with Gasteiger partial charge in [-0.05, 0) is 48.3 Å². The van der Waals surface area contributed by atoms with Crippen LogP contribution < -0.4 is 10.6 Å². The summed E-state index contributed by atoms with van der Waals surface area (Å²) in [5.74, 6) is -2.38. The van der Waals surface area contributed by atoms with Gasteiger partial charge in [-0.2, -0.15) is 9.47 Å². The molecule has 5 aromatic rings. The quantitative estimate of drug-likeness (QED) is 0.235. The number of H-pyrrole nitrogens is 1. The van der Waals surface area contributed by atoms with Crippen LogP contribution in [-0.4, -0.2) is 46.7 Å². The first-order valence-corrected chi connectivity index (χ1v) is 13.2. The van der Waals surface area contributed by atoms with E-state index >= 15 is 0 Å². The summed E-state index contributed by atoms with van der Waals surface area (Å²) in [6.07, 6.45) is 1.30. The number of imidazole rings is 1. The van der Waals surface area contributed by atoms with Crippen molar-refractivity contribution >= 4 is 56.6 Å². The standard InChI is InChI=1S/C26H22ClFN8O3S/c1-13(37)11-36-22(14(2)17-9-15(28)7-8-18(17)27)23(32-24(36)26(39)29-10-20-30-12-31-34-20)33-25(38)21-16-5-3-4-6-19(16)40-35-21/h3-9,12,14H,10-11H2,1-2H3,(H,29,39)(H,33,38)(H,30,31,34)/t14-/m0/s1. The predicted molar refractivity (Wildman–Crippen MR) is 147 cm³/mol. The van der Waals surface area contributed by atoms with Crippen LogP contribution in [0.25, 0.3) is 10.1 Å². The van der Waals surface area contributed by atoms with E-state index in [4.69, 9.17) is 11.6 Å². The maximum Gasteiger partial charge on any atom is 0.287 e. The Morgan fingerprint density at radius 3 is 2.73 bits per heavy atom. The molecule has 40 heavy (non-hydrogen) atoms. The highest BCUT2D eigenvalue weighted by atomic mass is 35.5. The molecule has 11 nitrogen and oxygen atoms in total. The van der Waals surface area contributed by atoms with Gasteiger partial charge in [0.2, 0.25) is 5.82 Å². The Bertz CT molecular complexity index is 1730. The lowest BCUT2D eigenvalue weighted by atomic mass is 9.96. The summed E-state index contributed by atoms with van der Waals surface area (Å²) < 4.78 is 20.8. The molecular formula is C26H22ClFN8O3S. The molecule has 0 radical (unpaired) electrons. The maximum atomic E-state index is 14.3. The molecule has 0 bridgehead atoms. The highest BCUT2D eigenvalue weighted by Gasteiger charge is 2.30. The van der Waals surface area contributed by atoms with Crippen molar-refractivity contribution in [3.05, 3.63) is 88.2 Å². The number of anilines is 1. The van der Waals surface area contributed by atoms with E-state index < -0.39 is 23.5 Å². The molecular weight excluding hydrogens is 559 g/mol. The fraction of sp³-hybridized carbons (Fsp3) is 0.192. The predicted octanol–water partition coefficient (Wildman–Crippen LogP) is 4.33. The Morgan fingerprint density at radius 2 is 1.98 bits per heavy atom. The van der Waals surface area contributed by atoms with Crippen molar-refractivity contribution in [2.24, 2.45) is 0 Å². The number of aromatic amines is 1. The van der Waals surface area contributed by atoms with Gasteiger partial charge in [0, 0.05) is 16.3 Å². The SMILES string of the molecule is CC(=O)Cn1c(C(=O)NCc2ncn[nH]2)nc(NC(=O)c2nsc3ccccc23)c1[C@@H](C)c1cc(F)ccc1Cl. The first kappa shape index (κ1) is 27.1. The van der Waals surface area contributed by atoms with Crippen molar-refractivity contribution in [3.8, 4) is 0 Å². The number of amides is 2. The number of halogens is 2. The number of aromatic nitrogens is 6. The first-order chi connectivity index (χ1) is 19.2. The maximum absolute atomic E-state index is 14.3. The average Bonchev–Trinajstić information content (AvgIpc) is 3.67. The highest BCUT2D eigenvalue weighted by Crippen LogP contribution is 2.36. The van der Waals surface area contributed by atoms with Crippen molar-refractivity contribution in [3.63, 3.8) is 0 Å². The second-order valence-electron chi connectivity index (χ2n) is 8.94. The van der Waals surface area contributed by atoms with E-state index in [9.17, 15) is 18.8 Å². The van der Waals surface area contributed by atoms with Gasteiger partial charge in [-0.15, -0.1) is 0 Å². The minimum atomic E-state index is -0.687. The molecule has 0 unspecified atom stereocenters. The molecule has 1 atom stereocenters. The third-order valence-corrected chi connectivity index (χ3v) is 7.30. The van der Waals surface area contributed by atoms with Crippen LogP contribution >= 0.6 is 23.1 Å². The Balaban J connectivity index is 1.61. The zero-order valence-corrected chi connectivity index (χ0v) is 22.8. The van der Waals surface area contributed by atoms with Crippen molar-refractivity contribution in [1.29, 1.82) is 0 Å². The molecule has 3 heterocycles. The van der Waals surface area contributed by atoms with E-state index in [1.54, 1.807) is 19.1 Å². The van der Waals surface area contributed by atoms with Crippen molar-refractivity contribution < 1.29 is 18.8 Å². The number of Topliss-reactive ketones (excluding diaryl/α,β-unsaturated/α-hetero) is 1. The van der Waals surface area contributed by atoms with Crippen molar-refractivity contribution in [1.82, 2.24) is 34.4 Å². The third kappa shape index (κ3) is 5.46. The van der Waals surface area contributed by atoms with E-state index in [2.05, 4.69) is 35.2 Å². The largest absolute Gasteiger partial charge is 0.342 e. The molecule has 2 aromatic carbocycles. The van der Waals surface area contributed by atoms with Crippen LogP contribution in [0.1, 0.15) is 58.0 Å². The second-order valence-corrected chi connectivity index (χ2v) is 10.2. The van der Waals surface area contributed by atoms with Gasteiger partial charge in [0.15, 0.2) is 5.82 Å². The average molecular weight is 581 g/mol. The van der Waals surface area contributed by atoms with E-state index in [0.29, 0.717) is 22.5 Å². The minimum absolute atomic E-state index is 0.0128. The molecule has 0 spiro atoms. The van der Waals surface area contributed by atoms with E-state index in [1.807, 2.05) is 12.1 Å². The number of nitrogens with one attached hydrogen (secondary N) is 3. The monoisotopic (exact) mass is 580 g/mol. The number of ketones is 1. The molecule has 204 valence electrons. The van der Waals surface area contributed by atoms with Crippen LogP contribution in [0.4, 0.5) is 10.2 Å². The second kappa shape index (κ2) is 11.3. The number of hydrogen-bond acceptors (Lipinski definition) is 8. The van der Waals surface area contributed by atoms with Crippen molar-refractivity contribution in [2.45, 2.75) is 32.9 Å². The van der Waals surface area contributed by atoms with Crippen LogP contribution in [0.3, 0.4) is 0 Å². The van der Waals surface area contributed by atoms with Gasteiger partial charge in [-0.1, -0.05) is 36.7 Å². The van der Waals surface area contributed by atoms with Crippen LogP contribution in [0, 0.1) is 5.82 Å². The fourth-order valence-electron chi connectivity index (χ4n) is 4.32. The molecule has 3 N–H and O–H groups in total. The Hall–Kier alpha value is -4.49. The number of hydrogen-bond donors (Lipinski definition) is 3. The molecule has 3 aromatic heterocycles. The van der Waals surface area contributed by atoms with Crippen LogP contribution in [0.5, 0.6) is 0 Å². The summed E-state index contributed by atoms with van der Waals surface area (Å²) in [4.78, 5) is 47.5. The molecule has 0 aliphatic rings. The number of carbonyl (C=O) groups excluding carboxylic acids is 3. The number of benzene rings is 2. The topological polar surface area (TPSA) is 148 Å². The highest BCUT2D eigenvalue weighted by molar-refractivity contribution is 7.13. The van der Waals surface area contributed by atoms with Crippen LogP contribution in [0.15, 0.2) is 48.8 Å². The normalized spacial score (nSPS) is 11.9. The summed E-state index contributed by atoms with van der Waals surface area (Å²) in [7, 11) is 0. The fourth-order valence-corrected chi connectivity index (χ4v) is 5.38. The summed E-state index contributed by atoms with van der Waals surface area (Å²) >= 11 is 7.60. The van der Waals surface area contributed by atoms with Gasteiger partial charge < -0.3 is 15.2 Å². The molecule has 0 aliphatic carbocycles. The van der Waals surface area contributed by atoms with Gasteiger partial charge in [0.25, 0.3) is 11.8 Å². The van der Waals surface area contributed by atoms with Crippen molar-refractivity contribution in [2.75, 3.05) is 5.32 Å². The molecule has 14 heteroatoms. The van der Waals surface area contributed by atoms with E-state index in [-0.39, 0.29) is 41.2 Å². The van der Waals surface area contributed by atoms with Gasteiger partial charge in [0.05, 0.1) is 23.5 Å². The number of nitrogens with zero attached hydrogens (tertiary/aromatic N) is 5. The lowest BCUT2D eigenvalue weighted by molar-refractivity contribution is -0.117. The van der Waals surface area contributed by atoms with E-state index in [1.165, 1.54) is 47.5 Å². The number of fused-ring (bicyclic) bond motifs is 1. The Labute approximate surface area is 236 Å². The minimum Gasteiger partial charge on any atom is -0.342 e. The zero-order valence-electron chi connectivity index (χ0n) is 21.2. The molecule has 0 saturated heterocycles. The summed E-state index contributed by atoms with van der Waals surface area (Å²) in [5.41, 5.74) is 0.857. The third-order valence-electron chi connectivity index (χ3n) is 6.13. The van der Waals surface area contributed by atoms with E-state index in [0.717, 1.165) is 4.70 Å². The lowest BCUT2D eigenvalue weighted by Gasteiger charge is -2.19. The zero-order chi connectivity index (χ0) is 28.4. The smallest absolute Gasteiger partial charge is 0.287 e. The van der Waals surface area contributed by atoms with Gasteiger partial charge >= 0.3 is 0 Å². The molecule has 0 fully saturated rings. The lowest BCUT2D eigenvalue weighted by Crippen LogP contribution is -2.28. The van der Waals surface area contributed by atoms with Gasteiger partial charge in [-0.25, -0.2) is 14.4 Å². The molecule has 5 rings (SSSR count). The Kier molecular flexibility index (Phi) is 7.67. The molecule has 2 amide bonds. The summed E-state index contributed by atoms with van der Waals surface area (Å²) in [6, 6.07) is 11.2. The summed E-state index contributed by atoms with van der Waals surface area (Å²) in [5, 5.41) is 12.8. The number of rotatable bonds is 9. The first-order valence-electron chi connectivity index (χ1n) is 12.1. The van der Waals surface area contributed by atoms with Gasteiger partial charge in [0.1, 0.15) is 29.4 Å². The number of carbonyl (C=O) groups is 3.